The van der Waals surface area contributed by atoms with Crippen LogP contribution in [0.25, 0.3) is 5.82 Å². The molecule has 6 heteroatoms. The number of rotatable bonds is 5. The molecule has 0 aliphatic heterocycles. The molecule has 122 valence electrons. The second kappa shape index (κ2) is 7.76. The molecule has 3 rings (SSSR count). The topological polar surface area (TPSA) is 67.1 Å². The molecule has 0 saturated heterocycles. The Bertz CT molecular complexity index is 611. The van der Waals surface area contributed by atoms with Gasteiger partial charge in [0.2, 0.25) is 0 Å². The molecule has 2 aromatic rings. The number of aromatic nitrogens is 3. The Morgan fingerprint density at radius 3 is 2.87 bits per heavy atom. The third-order valence-electron chi connectivity index (χ3n) is 4.04. The van der Waals surface area contributed by atoms with Crippen molar-refractivity contribution in [3.8, 4) is 5.82 Å². The lowest BCUT2D eigenvalue weighted by atomic mass is 10.2. The molecule has 2 N–H and O–H groups in total. The van der Waals surface area contributed by atoms with Crippen molar-refractivity contribution >= 4 is 5.96 Å². The summed E-state index contributed by atoms with van der Waals surface area (Å²) in [6, 6.07) is 4.61. The summed E-state index contributed by atoms with van der Waals surface area (Å²) in [6.07, 6.45) is 12.4. The normalized spacial score (nSPS) is 15.8. The minimum Gasteiger partial charge on any atom is -0.357 e. The Kier molecular flexibility index (Phi) is 5.24. The fourth-order valence-corrected chi connectivity index (χ4v) is 2.81. The van der Waals surface area contributed by atoms with Crippen molar-refractivity contribution in [1.29, 1.82) is 0 Å². The number of guanidine groups is 1. The largest absolute Gasteiger partial charge is 0.357 e. The summed E-state index contributed by atoms with van der Waals surface area (Å²) < 4.78 is 1.89. The van der Waals surface area contributed by atoms with E-state index in [4.69, 9.17) is 0 Å². The van der Waals surface area contributed by atoms with Crippen LogP contribution in [-0.2, 0) is 6.54 Å². The quantitative estimate of drug-likeness (QED) is 0.656. The molecule has 2 heterocycles. The predicted molar refractivity (Wildman–Crippen MR) is 91.6 cm³/mol. The molecule has 1 aliphatic carbocycles. The molecule has 0 radical (unpaired) electrons. The lowest BCUT2D eigenvalue weighted by Crippen LogP contribution is -2.42. The third-order valence-corrected chi connectivity index (χ3v) is 4.04. The molecule has 6 nitrogen and oxygen atoms in total. The van der Waals surface area contributed by atoms with Crippen LogP contribution in [0, 0.1) is 0 Å². The summed E-state index contributed by atoms with van der Waals surface area (Å²) in [5.74, 6) is 1.77. The van der Waals surface area contributed by atoms with Crippen LogP contribution in [-0.4, -0.2) is 33.1 Å². The van der Waals surface area contributed by atoms with Crippen LogP contribution in [0.4, 0.5) is 0 Å². The van der Waals surface area contributed by atoms with Gasteiger partial charge in [0.25, 0.3) is 0 Å². The van der Waals surface area contributed by atoms with Crippen molar-refractivity contribution in [2.45, 2.75) is 45.2 Å². The number of nitrogens with one attached hydrogen (secondary N) is 2. The van der Waals surface area contributed by atoms with E-state index in [1.165, 1.54) is 25.7 Å². The van der Waals surface area contributed by atoms with Gasteiger partial charge in [0.1, 0.15) is 12.1 Å². The number of hydrogen-bond donors (Lipinski definition) is 2. The lowest BCUT2D eigenvalue weighted by Gasteiger charge is -2.16. The van der Waals surface area contributed by atoms with Gasteiger partial charge in [-0.05, 0) is 31.4 Å². The van der Waals surface area contributed by atoms with Crippen molar-refractivity contribution in [3.63, 3.8) is 0 Å². The number of aliphatic imine (C=N–C) groups is 1. The third kappa shape index (κ3) is 4.31. The smallest absolute Gasteiger partial charge is 0.191 e. The van der Waals surface area contributed by atoms with Crippen LogP contribution in [0.1, 0.15) is 38.2 Å². The molecule has 0 atom stereocenters. The highest BCUT2D eigenvalue weighted by molar-refractivity contribution is 5.80. The molecule has 0 amide bonds. The maximum absolute atomic E-state index is 4.67. The van der Waals surface area contributed by atoms with Gasteiger partial charge in [-0.3, -0.25) is 4.57 Å². The first-order valence-corrected chi connectivity index (χ1v) is 8.33. The monoisotopic (exact) mass is 312 g/mol. The zero-order valence-electron chi connectivity index (χ0n) is 13.6. The number of imidazole rings is 1. The lowest BCUT2D eigenvalue weighted by molar-refractivity contribution is 0.614. The van der Waals surface area contributed by atoms with E-state index in [-0.39, 0.29) is 0 Å². The van der Waals surface area contributed by atoms with E-state index in [2.05, 4.69) is 38.6 Å². The van der Waals surface area contributed by atoms with E-state index < -0.39 is 0 Å². The Balaban J connectivity index is 1.61. The van der Waals surface area contributed by atoms with Crippen molar-refractivity contribution < 1.29 is 0 Å². The van der Waals surface area contributed by atoms with Crippen LogP contribution >= 0.6 is 0 Å². The summed E-state index contributed by atoms with van der Waals surface area (Å²) in [5, 5.41) is 6.85. The highest BCUT2D eigenvalue weighted by Crippen LogP contribution is 2.17. The highest BCUT2D eigenvalue weighted by Gasteiger charge is 2.15. The number of nitrogens with zero attached hydrogens (tertiary/aromatic N) is 4. The Hall–Kier alpha value is -2.37. The number of hydrogen-bond acceptors (Lipinski definition) is 3. The fraction of sp³-hybridized carbons (Fsp3) is 0.471. The molecule has 2 aromatic heterocycles. The van der Waals surface area contributed by atoms with Crippen LogP contribution in [0.2, 0.25) is 0 Å². The second-order valence-electron chi connectivity index (χ2n) is 5.82. The van der Waals surface area contributed by atoms with Gasteiger partial charge in [-0.2, -0.15) is 0 Å². The summed E-state index contributed by atoms with van der Waals surface area (Å²) in [4.78, 5) is 13.2. The average Bonchev–Trinajstić information content (AvgIpc) is 3.27. The van der Waals surface area contributed by atoms with Gasteiger partial charge in [0.15, 0.2) is 5.96 Å². The first-order chi connectivity index (χ1) is 11.3. The zero-order chi connectivity index (χ0) is 15.9. The van der Waals surface area contributed by atoms with Gasteiger partial charge in [-0.1, -0.05) is 18.9 Å². The van der Waals surface area contributed by atoms with Crippen LogP contribution in [0.15, 0.2) is 42.0 Å². The van der Waals surface area contributed by atoms with Crippen molar-refractivity contribution in [2.75, 3.05) is 6.54 Å². The standard InChI is InChI=1S/C17H24N6/c1-2-19-17(22-15-5-3-4-6-15)21-12-14-7-8-16(20-11-14)23-10-9-18-13-23/h7-11,13,15H,2-6,12H2,1H3,(H2,19,21,22). The van der Waals surface area contributed by atoms with Crippen molar-refractivity contribution in [2.24, 2.45) is 4.99 Å². The predicted octanol–water partition coefficient (Wildman–Crippen LogP) is 2.27. The van der Waals surface area contributed by atoms with Crippen LogP contribution in [0.3, 0.4) is 0 Å². The van der Waals surface area contributed by atoms with E-state index in [9.17, 15) is 0 Å². The highest BCUT2D eigenvalue weighted by atomic mass is 15.2. The summed E-state index contributed by atoms with van der Waals surface area (Å²) in [6.45, 7) is 3.59. The van der Waals surface area contributed by atoms with Gasteiger partial charge < -0.3 is 10.6 Å². The minimum absolute atomic E-state index is 0.564. The molecule has 1 aliphatic rings. The van der Waals surface area contributed by atoms with Crippen molar-refractivity contribution in [1.82, 2.24) is 25.2 Å². The van der Waals surface area contributed by atoms with Gasteiger partial charge in [-0.15, -0.1) is 0 Å². The number of pyridine rings is 1. The second-order valence-corrected chi connectivity index (χ2v) is 5.82. The summed E-state index contributed by atoms with van der Waals surface area (Å²) in [5.41, 5.74) is 1.09. The maximum atomic E-state index is 4.67. The van der Waals surface area contributed by atoms with E-state index in [1.807, 2.05) is 23.0 Å². The van der Waals surface area contributed by atoms with E-state index in [0.717, 1.165) is 23.9 Å². The SMILES string of the molecule is CCNC(=NCc1ccc(-n2ccnc2)nc1)NC1CCCC1. The fourth-order valence-electron chi connectivity index (χ4n) is 2.81. The summed E-state index contributed by atoms with van der Waals surface area (Å²) in [7, 11) is 0. The van der Waals surface area contributed by atoms with Gasteiger partial charge in [0.05, 0.1) is 6.54 Å². The van der Waals surface area contributed by atoms with Gasteiger partial charge >= 0.3 is 0 Å². The Morgan fingerprint density at radius 2 is 2.22 bits per heavy atom. The van der Waals surface area contributed by atoms with Crippen molar-refractivity contribution in [3.05, 3.63) is 42.6 Å². The zero-order valence-corrected chi connectivity index (χ0v) is 13.6. The van der Waals surface area contributed by atoms with E-state index >= 15 is 0 Å². The molecule has 0 bridgehead atoms. The van der Waals surface area contributed by atoms with Crippen LogP contribution in [0.5, 0.6) is 0 Å². The molecule has 1 saturated carbocycles. The average molecular weight is 312 g/mol. The summed E-state index contributed by atoms with van der Waals surface area (Å²) >= 11 is 0. The first kappa shape index (κ1) is 15.5. The molecule has 23 heavy (non-hydrogen) atoms. The van der Waals surface area contributed by atoms with Gasteiger partial charge in [0, 0.05) is 31.2 Å². The molecule has 0 unspecified atom stereocenters. The van der Waals surface area contributed by atoms with Gasteiger partial charge in [-0.25, -0.2) is 15.0 Å². The molecule has 0 aromatic carbocycles. The minimum atomic E-state index is 0.564. The molecule has 0 spiro atoms. The maximum Gasteiger partial charge on any atom is 0.191 e. The molecule has 1 fully saturated rings. The first-order valence-electron chi connectivity index (χ1n) is 8.33. The van der Waals surface area contributed by atoms with Crippen LogP contribution < -0.4 is 10.6 Å². The Morgan fingerprint density at radius 1 is 1.35 bits per heavy atom. The molecular weight excluding hydrogens is 288 g/mol. The Labute approximate surface area is 137 Å². The molecular formula is C17H24N6. The van der Waals surface area contributed by atoms with E-state index in [0.29, 0.717) is 12.6 Å². The van der Waals surface area contributed by atoms with E-state index in [1.54, 1.807) is 12.5 Å².